The molecule has 0 heterocycles. The maximum Gasteiger partial charge on any atom is 0.324 e. The van der Waals surface area contributed by atoms with Crippen LogP contribution >= 0.6 is 0 Å². The molecule has 0 radical (unpaired) electrons. The van der Waals surface area contributed by atoms with Crippen molar-refractivity contribution in [3.05, 3.63) is 18.2 Å². The van der Waals surface area contributed by atoms with Gasteiger partial charge >= 0.3 is 5.97 Å². The lowest BCUT2D eigenvalue weighted by molar-refractivity contribution is -0.147. The maximum atomic E-state index is 12.5. The van der Waals surface area contributed by atoms with E-state index in [4.69, 9.17) is 9.47 Å². The Hall–Kier alpha value is -1.80. The molecule has 21 heavy (non-hydrogen) atoms. The molecule has 2 N–H and O–H groups in total. The van der Waals surface area contributed by atoms with Crippen molar-refractivity contribution in [3.8, 4) is 11.5 Å². The highest BCUT2D eigenvalue weighted by molar-refractivity contribution is 7.89. The van der Waals surface area contributed by atoms with Gasteiger partial charge in [-0.05, 0) is 31.4 Å². The summed E-state index contributed by atoms with van der Waals surface area (Å²) in [5.41, 5.74) is -1.42. The first-order valence-corrected chi connectivity index (χ1v) is 7.82. The van der Waals surface area contributed by atoms with Gasteiger partial charge in [-0.1, -0.05) is 0 Å². The van der Waals surface area contributed by atoms with E-state index in [0.717, 1.165) is 0 Å². The molecular weight excluding hydrogens is 298 g/mol. The first-order valence-electron chi connectivity index (χ1n) is 6.34. The summed E-state index contributed by atoms with van der Waals surface area (Å²) in [4.78, 5) is 11.2. The lowest BCUT2D eigenvalue weighted by atomic mass is 9.78. The minimum absolute atomic E-state index is 0.128. The van der Waals surface area contributed by atoms with Gasteiger partial charge in [-0.2, -0.15) is 4.72 Å². The van der Waals surface area contributed by atoms with Crippen molar-refractivity contribution in [2.45, 2.75) is 29.7 Å². The molecule has 1 saturated carbocycles. The zero-order valence-electron chi connectivity index (χ0n) is 11.8. The number of aliphatic carboxylic acids is 1. The van der Waals surface area contributed by atoms with Gasteiger partial charge in [0.05, 0.1) is 14.2 Å². The van der Waals surface area contributed by atoms with Crippen LogP contribution in [0.25, 0.3) is 0 Å². The van der Waals surface area contributed by atoms with Crippen LogP contribution in [0, 0.1) is 0 Å². The number of nitrogens with one attached hydrogen (secondary N) is 1. The number of hydrogen-bond donors (Lipinski definition) is 2. The predicted octanol–water partition coefficient (Wildman–Crippen LogP) is 0.989. The number of carboxylic acids is 1. The number of hydrogen-bond acceptors (Lipinski definition) is 5. The summed E-state index contributed by atoms with van der Waals surface area (Å²) in [7, 11) is -1.28. The fraction of sp³-hybridized carbons (Fsp3) is 0.462. The highest BCUT2D eigenvalue weighted by Crippen LogP contribution is 2.35. The van der Waals surface area contributed by atoms with Crippen LogP contribution in [-0.4, -0.2) is 39.3 Å². The monoisotopic (exact) mass is 315 g/mol. The number of carbonyl (C=O) groups is 1. The number of benzene rings is 1. The average molecular weight is 315 g/mol. The number of carboxylic acid groups (broad SMARTS) is 1. The Morgan fingerprint density at radius 1 is 1.29 bits per heavy atom. The third-order valence-corrected chi connectivity index (χ3v) is 5.16. The van der Waals surface area contributed by atoms with E-state index in [9.17, 15) is 18.3 Å². The predicted molar refractivity (Wildman–Crippen MR) is 74.1 cm³/mol. The lowest BCUT2D eigenvalue weighted by Crippen LogP contribution is -2.58. The zero-order valence-corrected chi connectivity index (χ0v) is 12.6. The van der Waals surface area contributed by atoms with Crippen molar-refractivity contribution in [1.82, 2.24) is 4.72 Å². The van der Waals surface area contributed by atoms with Crippen LogP contribution in [0.2, 0.25) is 0 Å². The van der Waals surface area contributed by atoms with E-state index >= 15 is 0 Å². The van der Waals surface area contributed by atoms with Crippen molar-refractivity contribution in [3.63, 3.8) is 0 Å². The summed E-state index contributed by atoms with van der Waals surface area (Å²) in [5.74, 6) is -0.698. The van der Waals surface area contributed by atoms with Crippen LogP contribution in [-0.2, 0) is 14.8 Å². The molecule has 1 aliphatic carbocycles. The Morgan fingerprint density at radius 2 is 1.95 bits per heavy atom. The largest absolute Gasteiger partial charge is 0.497 e. The number of rotatable bonds is 6. The minimum Gasteiger partial charge on any atom is -0.497 e. The number of ether oxygens (including phenoxy) is 2. The fourth-order valence-corrected chi connectivity index (χ4v) is 3.80. The molecule has 0 atom stereocenters. The van der Waals surface area contributed by atoms with Gasteiger partial charge in [0.25, 0.3) is 0 Å². The van der Waals surface area contributed by atoms with Crippen LogP contribution in [0.1, 0.15) is 19.3 Å². The third kappa shape index (κ3) is 2.81. The summed E-state index contributed by atoms with van der Waals surface area (Å²) in [6, 6.07) is 4.32. The molecule has 1 aromatic rings. The van der Waals surface area contributed by atoms with Crippen LogP contribution in [0.4, 0.5) is 0 Å². The highest BCUT2D eigenvalue weighted by Gasteiger charge is 2.48. The second-order valence-corrected chi connectivity index (χ2v) is 6.51. The van der Waals surface area contributed by atoms with Crippen LogP contribution in [0.3, 0.4) is 0 Å². The summed E-state index contributed by atoms with van der Waals surface area (Å²) in [5, 5.41) is 9.24. The van der Waals surface area contributed by atoms with Gasteiger partial charge in [0, 0.05) is 6.07 Å². The first-order chi connectivity index (χ1) is 9.84. The van der Waals surface area contributed by atoms with E-state index in [1.54, 1.807) is 6.07 Å². The van der Waals surface area contributed by atoms with Crippen LogP contribution < -0.4 is 14.2 Å². The van der Waals surface area contributed by atoms with Gasteiger partial charge in [-0.15, -0.1) is 0 Å². The molecule has 116 valence electrons. The molecule has 0 amide bonds. The van der Waals surface area contributed by atoms with Crippen molar-refractivity contribution in [2.75, 3.05) is 14.2 Å². The average Bonchev–Trinajstić information content (AvgIpc) is 2.41. The lowest BCUT2D eigenvalue weighted by Gasteiger charge is -2.37. The fourth-order valence-electron chi connectivity index (χ4n) is 2.20. The Bertz CT molecular complexity index is 651. The zero-order chi connectivity index (χ0) is 15.7. The normalized spacial score (nSPS) is 16.9. The highest BCUT2D eigenvalue weighted by atomic mass is 32.2. The van der Waals surface area contributed by atoms with Crippen molar-refractivity contribution < 1.29 is 27.8 Å². The summed E-state index contributed by atoms with van der Waals surface area (Å²) < 4.78 is 37.3. The maximum absolute atomic E-state index is 12.5. The molecule has 0 bridgehead atoms. The second-order valence-electron chi connectivity index (χ2n) is 4.86. The van der Waals surface area contributed by atoms with E-state index in [-0.39, 0.29) is 23.5 Å². The van der Waals surface area contributed by atoms with E-state index in [1.165, 1.54) is 26.4 Å². The van der Waals surface area contributed by atoms with Crippen molar-refractivity contribution in [2.24, 2.45) is 0 Å². The van der Waals surface area contributed by atoms with Gasteiger partial charge < -0.3 is 14.6 Å². The van der Waals surface area contributed by atoms with Gasteiger partial charge in [0.15, 0.2) is 0 Å². The smallest absolute Gasteiger partial charge is 0.324 e. The number of methoxy groups -OCH3 is 2. The molecule has 1 fully saturated rings. The summed E-state index contributed by atoms with van der Waals surface area (Å²) in [6.45, 7) is 0. The van der Waals surface area contributed by atoms with Gasteiger partial charge in [0.1, 0.15) is 21.9 Å². The molecule has 0 spiro atoms. The standard InChI is InChI=1S/C13H17NO6S/c1-19-9-4-5-10(20-2)11(8-9)21(17,18)14-13(12(15)16)6-3-7-13/h4-5,8,14H,3,6-7H2,1-2H3,(H,15,16). The van der Waals surface area contributed by atoms with Crippen LogP contribution in [0.5, 0.6) is 11.5 Å². The quantitative estimate of drug-likeness (QED) is 0.811. The number of sulfonamides is 1. The van der Waals surface area contributed by atoms with Crippen LogP contribution in [0.15, 0.2) is 23.1 Å². The molecule has 1 aromatic carbocycles. The molecule has 0 aromatic heterocycles. The Morgan fingerprint density at radius 3 is 2.38 bits per heavy atom. The Kier molecular flexibility index (Phi) is 4.11. The molecular formula is C13H17NO6S. The van der Waals surface area contributed by atoms with Crippen molar-refractivity contribution in [1.29, 1.82) is 0 Å². The first kappa shape index (κ1) is 15.6. The van der Waals surface area contributed by atoms with Crippen molar-refractivity contribution >= 4 is 16.0 Å². The van der Waals surface area contributed by atoms with E-state index < -0.39 is 21.5 Å². The Balaban J connectivity index is 2.41. The van der Waals surface area contributed by atoms with E-state index in [1.807, 2.05) is 0 Å². The van der Waals surface area contributed by atoms with Gasteiger partial charge in [-0.25, -0.2) is 8.42 Å². The summed E-state index contributed by atoms with van der Waals surface area (Å²) >= 11 is 0. The summed E-state index contributed by atoms with van der Waals surface area (Å²) in [6.07, 6.45) is 1.21. The molecule has 0 unspecified atom stereocenters. The second kappa shape index (κ2) is 5.53. The van der Waals surface area contributed by atoms with E-state index in [0.29, 0.717) is 12.2 Å². The molecule has 8 heteroatoms. The topological polar surface area (TPSA) is 102 Å². The molecule has 0 saturated heterocycles. The van der Waals surface area contributed by atoms with Gasteiger partial charge in [0.2, 0.25) is 10.0 Å². The molecule has 0 aliphatic heterocycles. The molecule has 1 aliphatic rings. The molecule has 2 rings (SSSR count). The molecule has 7 nitrogen and oxygen atoms in total. The minimum atomic E-state index is -4.03. The Labute approximate surface area is 122 Å². The van der Waals surface area contributed by atoms with E-state index in [2.05, 4.69) is 4.72 Å². The SMILES string of the molecule is COc1ccc(OC)c(S(=O)(=O)NC2(C(=O)O)CCC2)c1. The van der Waals surface area contributed by atoms with Gasteiger partial charge in [-0.3, -0.25) is 4.79 Å². The third-order valence-electron chi connectivity index (χ3n) is 3.61.